The first kappa shape index (κ1) is 14.6. The molecule has 1 aliphatic rings. The summed E-state index contributed by atoms with van der Waals surface area (Å²) >= 11 is 0. The fourth-order valence-electron chi connectivity index (χ4n) is 2.69. The van der Waals surface area contributed by atoms with Crippen LogP contribution in [-0.4, -0.2) is 31.8 Å². The molecule has 3 atom stereocenters. The van der Waals surface area contributed by atoms with Crippen molar-refractivity contribution in [2.75, 3.05) is 13.7 Å². The van der Waals surface area contributed by atoms with Crippen LogP contribution >= 0.6 is 0 Å². The van der Waals surface area contributed by atoms with Crippen LogP contribution in [0.2, 0.25) is 0 Å². The summed E-state index contributed by atoms with van der Waals surface area (Å²) in [5.74, 6) is 0.493. The van der Waals surface area contributed by atoms with Gasteiger partial charge in [-0.05, 0) is 23.6 Å². The van der Waals surface area contributed by atoms with Crippen LogP contribution in [0.5, 0.6) is 11.5 Å². The molecule has 1 saturated heterocycles. The van der Waals surface area contributed by atoms with Gasteiger partial charge >= 0.3 is 0 Å². The fraction of sp³-hybridized carbons (Fsp3) is 0.353. The molecule has 0 radical (unpaired) electrons. The van der Waals surface area contributed by atoms with Gasteiger partial charge in [0, 0.05) is 11.3 Å². The Hall–Kier alpha value is -2.30. The van der Waals surface area contributed by atoms with Crippen LogP contribution in [0, 0.1) is 5.92 Å². The van der Waals surface area contributed by atoms with E-state index in [1.54, 1.807) is 14.0 Å². The number of nitrogens with one attached hydrogen (secondary N) is 1. The Morgan fingerprint density at radius 3 is 2.77 bits per heavy atom. The second kappa shape index (κ2) is 5.83. The Bertz CT molecular complexity index is 703. The van der Waals surface area contributed by atoms with Crippen LogP contribution in [0.25, 0.3) is 10.8 Å². The van der Waals surface area contributed by atoms with Crippen molar-refractivity contribution in [1.29, 1.82) is 0 Å². The summed E-state index contributed by atoms with van der Waals surface area (Å²) in [6, 6.07) is 11.2. The number of hydrogen-bond acceptors (Lipinski definition) is 3. The maximum Gasteiger partial charge on any atom is 0.255 e. The lowest BCUT2D eigenvalue weighted by atomic mass is 10.0. The first-order chi connectivity index (χ1) is 10.6. The van der Waals surface area contributed by atoms with Crippen molar-refractivity contribution in [2.45, 2.75) is 19.1 Å². The number of amides is 1. The summed E-state index contributed by atoms with van der Waals surface area (Å²) < 4.78 is 24.6. The Labute approximate surface area is 128 Å². The molecule has 2 aromatic rings. The number of carbonyl (C=O) groups is 1. The lowest BCUT2D eigenvalue weighted by Gasteiger charge is -2.17. The van der Waals surface area contributed by atoms with E-state index in [0.717, 1.165) is 16.5 Å². The topological polar surface area (TPSA) is 47.6 Å². The minimum atomic E-state index is -1.46. The third kappa shape index (κ3) is 2.58. The Morgan fingerprint density at radius 2 is 2.09 bits per heavy atom. The summed E-state index contributed by atoms with van der Waals surface area (Å²) in [4.78, 5) is 11.3. The van der Waals surface area contributed by atoms with Crippen LogP contribution in [0.1, 0.15) is 6.92 Å². The molecule has 5 heteroatoms. The zero-order valence-corrected chi connectivity index (χ0v) is 12.5. The molecule has 2 aromatic carbocycles. The van der Waals surface area contributed by atoms with E-state index >= 15 is 0 Å². The first-order valence-corrected chi connectivity index (χ1v) is 7.24. The number of fused-ring (bicyclic) bond motifs is 1. The highest BCUT2D eigenvalue weighted by atomic mass is 19.1. The highest BCUT2D eigenvalue weighted by molar-refractivity contribution is 5.89. The maximum atomic E-state index is 13.6. The van der Waals surface area contributed by atoms with Gasteiger partial charge < -0.3 is 14.8 Å². The standard InChI is InChI=1S/C17H18FNO3/c1-10-14(19-17(20)16(10)18)9-22-15-5-3-4-11-6-7-12(21-2)8-13(11)15/h3-8,10,14,16H,9H2,1-2H3,(H,19,20)/t10-,14+,16-/m0/s1. The van der Waals surface area contributed by atoms with Gasteiger partial charge in [0.2, 0.25) is 0 Å². The normalized spacial score (nSPS) is 24.3. The smallest absolute Gasteiger partial charge is 0.255 e. The largest absolute Gasteiger partial charge is 0.497 e. The molecule has 1 N–H and O–H groups in total. The van der Waals surface area contributed by atoms with E-state index in [4.69, 9.17) is 9.47 Å². The average molecular weight is 303 g/mol. The summed E-state index contributed by atoms with van der Waals surface area (Å²) in [6.07, 6.45) is -1.46. The molecule has 4 nitrogen and oxygen atoms in total. The molecule has 116 valence electrons. The van der Waals surface area contributed by atoms with Gasteiger partial charge in [-0.3, -0.25) is 4.79 Å². The number of carbonyl (C=O) groups excluding carboxylic acids is 1. The Morgan fingerprint density at radius 1 is 1.27 bits per heavy atom. The number of halogens is 1. The zero-order chi connectivity index (χ0) is 15.7. The van der Waals surface area contributed by atoms with E-state index in [-0.39, 0.29) is 12.6 Å². The van der Waals surface area contributed by atoms with E-state index in [0.29, 0.717) is 5.75 Å². The van der Waals surface area contributed by atoms with Gasteiger partial charge in [-0.1, -0.05) is 25.1 Å². The minimum absolute atomic E-state index is 0.240. The lowest BCUT2D eigenvalue weighted by molar-refractivity contribution is -0.123. The molecule has 0 unspecified atom stereocenters. The van der Waals surface area contributed by atoms with Crippen LogP contribution in [0.4, 0.5) is 4.39 Å². The van der Waals surface area contributed by atoms with Crippen molar-refractivity contribution in [3.05, 3.63) is 36.4 Å². The van der Waals surface area contributed by atoms with Crippen molar-refractivity contribution in [3.8, 4) is 11.5 Å². The highest BCUT2D eigenvalue weighted by Crippen LogP contribution is 2.30. The monoisotopic (exact) mass is 303 g/mol. The van der Waals surface area contributed by atoms with Crippen molar-refractivity contribution in [3.63, 3.8) is 0 Å². The molecule has 0 aromatic heterocycles. The zero-order valence-electron chi connectivity index (χ0n) is 12.5. The van der Waals surface area contributed by atoms with Crippen LogP contribution in [0.3, 0.4) is 0 Å². The predicted octanol–water partition coefficient (Wildman–Crippen LogP) is 2.70. The van der Waals surface area contributed by atoms with Gasteiger partial charge in [-0.25, -0.2) is 4.39 Å². The third-order valence-corrected chi connectivity index (χ3v) is 4.14. The van der Waals surface area contributed by atoms with Crippen molar-refractivity contribution >= 4 is 16.7 Å². The van der Waals surface area contributed by atoms with Gasteiger partial charge in [0.1, 0.15) is 18.1 Å². The number of hydrogen-bond donors (Lipinski definition) is 1. The number of benzene rings is 2. The number of methoxy groups -OCH3 is 1. The molecular formula is C17H18FNO3. The summed E-state index contributed by atoms with van der Waals surface area (Å²) in [5.41, 5.74) is 0. The van der Waals surface area contributed by atoms with E-state index < -0.39 is 18.0 Å². The number of alkyl halides is 1. The van der Waals surface area contributed by atoms with Gasteiger partial charge in [0.15, 0.2) is 6.17 Å². The van der Waals surface area contributed by atoms with E-state index in [2.05, 4.69) is 5.32 Å². The maximum absolute atomic E-state index is 13.6. The van der Waals surface area contributed by atoms with Crippen molar-refractivity contribution in [1.82, 2.24) is 5.32 Å². The summed E-state index contributed by atoms with van der Waals surface area (Å²) in [7, 11) is 1.61. The van der Waals surface area contributed by atoms with E-state index in [1.165, 1.54) is 0 Å². The quantitative estimate of drug-likeness (QED) is 0.944. The molecular weight excluding hydrogens is 285 g/mol. The summed E-state index contributed by atoms with van der Waals surface area (Å²) in [6.45, 7) is 1.95. The lowest BCUT2D eigenvalue weighted by Crippen LogP contribution is -2.34. The molecule has 22 heavy (non-hydrogen) atoms. The van der Waals surface area contributed by atoms with E-state index in [9.17, 15) is 9.18 Å². The Balaban J connectivity index is 1.81. The van der Waals surface area contributed by atoms with Gasteiger partial charge in [0.25, 0.3) is 5.91 Å². The van der Waals surface area contributed by atoms with E-state index in [1.807, 2.05) is 36.4 Å². The van der Waals surface area contributed by atoms with Crippen LogP contribution in [0.15, 0.2) is 36.4 Å². The van der Waals surface area contributed by atoms with Crippen LogP contribution in [-0.2, 0) is 4.79 Å². The molecule has 0 aliphatic carbocycles. The highest BCUT2D eigenvalue weighted by Gasteiger charge is 2.39. The molecule has 1 amide bonds. The molecule has 1 fully saturated rings. The molecule has 0 bridgehead atoms. The van der Waals surface area contributed by atoms with Crippen molar-refractivity contribution < 1.29 is 18.7 Å². The van der Waals surface area contributed by atoms with Gasteiger partial charge in [0.05, 0.1) is 13.2 Å². The van der Waals surface area contributed by atoms with Crippen molar-refractivity contribution in [2.24, 2.45) is 5.92 Å². The number of rotatable bonds is 4. The molecule has 0 saturated carbocycles. The second-order valence-electron chi connectivity index (χ2n) is 5.53. The fourth-order valence-corrected chi connectivity index (χ4v) is 2.69. The number of ether oxygens (including phenoxy) is 2. The molecule has 0 spiro atoms. The third-order valence-electron chi connectivity index (χ3n) is 4.14. The SMILES string of the molecule is COc1ccc2cccc(OC[C@H]3NC(=O)[C@@H](F)[C@H]3C)c2c1. The summed E-state index contributed by atoms with van der Waals surface area (Å²) in [5, 5.41) is 4.59. The van der Waals surface area contributed by atoms with Gasteiger partial charge in [-0.15, -0.1) is 0 Å². The van der Waals surface area contributed by atoms with Crippen LogP contribution < -0.4 is 14.8 Å². The molecule has 3 rings (SSSR count). The molecule has 1 heterocycles. The second-order valence-corrected chi connectivity index (χ2v) is 5.53. The van der Waals surface area contributed by atoms with Gasteiger partial charge in [-0.2, -0.15) is 0 Å². The first-order valence-electron chi connectivity index (χ1n) is 7.24. The molecule has 1 aliphatic heterocycles. The predicted molar refractivity (Wildman–Crippen MR) is 82.0 cm³/mol. The Kier molecular flexibility index (Phi) is 3.88. The average Bonchev–Trinajstić information content (AvgIpc) is 2.79. The minimum Gasteiger partial charge on any atom is -0.497 e.